The van der Waals surface area contributed by atoms with Crippen molar-refractivity contribution in [3.63, 3.8) is 0 Å². The van der Waals surface area contributed by atoms with E-state index < -0.39 is 0 Å². The van der Waals surface area contributed by atoms with E-state index in [-0.39, 0.29) is 0 Å². The largest absolute Gasteiger partial charge is 0.325 e. The Morgan fingerprint density at radius 1 is 1.40 bits per heavy atom. The first-order valence-electron chi connectivity index (χ1n) is 7.01. The molecule has 20 heavy (non-hydrogen) atoms. The van der Waals surface area contributed by atoms with Crippen LogP contribution < -0.4 is 0 Å². The highest BCUT2D eigenvalue weighted by Gasteiger charge is 2.17. The van der Waals surface area contributed by atoms with Crippen molar-refractivity contribution >= 4 is 23.4 Å². The zero-order valence-electron chi connectivity index (χ0n) is 11.6. The fourth-order valence-electron chi connectivity index (χ4n) is 2.65. The third kappa shape index (κ3) is 2.88. The number of thioether (sulfide) groups is 1. The molecule has 108 valence electrons. The predicted molar refractivity (Wildman–Crippen MR) is 82.1 cm³/mol. The maximum absolute atomic E-state index is 5.85. The Bertz CT molecular complexity index is 571. The molecule has 0 aromatic carbocycles. The van der Waals surface area contributed by atoms with Crippen LogP contribution in [0, 0.1) is 0 Å². The van der Waals surface area contributed by atoms with Crippen LogP contribution in [-0.4, -0.2) is 19.3 Å². The van der Waals surface area contributed by atoms with Crippen LogP contribution in [0.15, 0.2) is 23.6 Å². The molecular weight excluding hydrogens is 292 g/mol. The SMILES string of the molecule is Cn1c(CCl)cnc1SCc1ccn(C2CCCC2)n1. The summed E-state index contributed by atoms with van der Waals surface area (Å²) in [5.41, 5.74) is 2.17. The lowest BCUT2D eigenvalue weighted by molar-refractivity contribution is 0.464. The van der Waals surface area contributed by atoms with E-state index in [2.05, 4.69) is 21.9 Å². The molecule has 6 heteroatoms. The summed E-state index contributed by atoms with van der Waals surface area (Å²) in [4.78, 5) is 4.39. The molecule has 1 saturated carbocycles. The molecule has 2 aromatic rings. The van der Waals surface area contributed by atoms with Crippen LogP contribution in [0.3, 0.4) is 0 Å². The van der Waals surface area contributed by atoms with E-state index in [9.17, 15) is 0 Å². The zero-order chi connectivity index (χ0) is 13.9. The van der Waals surface area contributed by atoms with Gasteiger partial charge < -0.3 is 4.57 Å². The molecule has 1 aliphatic rings. The molecule has 0 spiro atoms. The summed E-state index contributed by atoms with van der Waals surface area (Å²) >= 11 is 7.56. The number of rotatable bonds is 5. The van der Waals surface area contributed by atoms with Gasteiger partial charge in [0.2, 0.25) is 0 Å². The minimum atomic E-state index is 0.500. The molecule has 4 nitrogen and oxygen atoms in total. The number of hydrogen-bond donors (Lipinski definition) is 0. The second-order valence-electron chi connectivity index (χ2n) is 5.24. The topological polar surface area (TPSA) is 35.6 Å². The molecule has 0 atom stereocenters. The van der Waals surface area contributed by atoms with E-state index in [1.54, 1.807) is 11.8 Å². The summed E-state index contributed by atoms with van der Waals surface area (Å²) in [5, 5.41) is 5.69. The van der Waals surface area contributed by atoms with Gasteiger partial charge in [-0.25, -0.2) is 4.98 Å². The van der Waals surface area contributed by atoms with E-state index in [0.29, 0.717) is 11.9 Å². The van der Waals surface area contributed by atoms with Gasteiger partial charge in [-0.2, -0.15) is 5.10 Å². The third-order valence-electron chi connectivity index (χ3n) is 3.89. The number of aromatic nitrogens is 4. The van der Waals surface area contributed by atoms with Crippen molar-refractivity contribution in [1.82, 2.24) is 19.3 Å². The summed E-state index contributed by atoms with van der Waals surface area (Å²) in [6, 6.07) is 2.74. The van der Waals surface area contributed by atoms with E-state index in [1.165, 1.54) is 25.7 Å². The maximum atomic E-state index is 5.85. The first kappa shape index (κ1) is 14.0. The standard InChI is InChI=1S/C14H19ClN4S/c1-18-13(8-15)9-16-14(18)20-10-11-6-7-19(17-11)12-4-2-3-5-12/h6-7,9,12H,2-5,8,10H2,1H3. The normalized spacial score (nSPS) is 16.1. The molecule has 1 fully saturated rings. The summed E-state index contributed by atoms with van der Waals surface area (Å²) in [6.45, 7) is 0. The minimum Gasteiger partial charge on any atom is -0.325 e. The predicted octanol–water partition coefficient (Wildman–Crippen LogP) is 3.76. The molecule has 3 rings (SSSR count). The van der Waals surface area contributed by atoms with Gasteiger partial charge in [0.05, 0.1) is 29.5 Å². The van der Waals surface area contributed by atoms with Crippen LogP contribution in [0.1, 0.15) is 43.1 Å². The van der Waals surface area contributed by atoms with Crippen LogP contribution in [-0.2, 0) is 18.7 Å². The number of halogens is 1. The quantitative estimate of drug-likeness (QED) is 0.623. The third-order valence-corrected chi connectivity index (χ3v) is 5.24. The van der Waals surface area contributed by atoms with Crippen LogP contribution in [0.2, 0.25) is 0 Å². The fourth-order valence-corrected chi connectivity index (χ4v) is 3.77. The Hall–Kier alpha value is -0.940. The Morgan fingerprint density at radius 3 is 2.90 bits per heavy atom. The molecule has 0 unspecified atom stereocenters. The van der Waals surface area contributed by atoms with Crippen LogP contribution in [0.25, 0.3) is 0 Å². The van der Waals surface area contributed by atoms with E-state index in [1.807, 2.05) is 17.8 Å². The Morgan fingerprint density at radius 2 is 2.20 bits per heavy atom. The van der Waals surface area contributed by atoms with Crippen molar-refractivity contribution < 1.29 is 0 Å². The molecule has 1 aliphatic carbocycles. The average Bonchev–Trinajstić information content (AvgIpc) is 3.17. The Kier molecular flexibility index (Phi) is 4.36. The molecule has 0 bridgehead atoms. The lowest BCUT2D eigenvalue weighted by Gasteiger charge is -2.08. The lowest BCUT2D eigenvalue weighted by Crippen LogP contribution is -2.05. The maximum Gasteiger partial charge on any atom is 0.168 e. The number of alkyl halides is 1. The van der Waals surface area contributed by atoms with Gasteiger partial charge in [0.1, 0.15) is 0 Å². The number of nitrogens with zero attached hydrogens (tertiary/aromatic N) is 4. The Balaban J connectivity index is 1.62. The lowest BCUT2D eigenvalue weighted by atomic mass is 10.3. The van der Waals surface area contributed by atoms with Crippen molar-refractivity contribution in [1.29, 1.82) is 0 Å². The zero-order valence-corrected chi connectivity index (χ0v) is 13.2. The number of hydrogen-bond acceptors (Lipinski definition) is 3. The van der Waals surface area contributed by atoms with Crippen molar-refractivity contribution in [3.05, 3.63) is 29.8 Å². The fraction of sp³-hybridized carbons (Fsp3) is 0.571. The van der Waals surface area contributed by atoms with Crippen LogP contribution in [0.4, 0.5) is 0 Å². The summed E-state index contributed by atoms with van der Waals surface area (Å²) in [7, 11) is 2.00. The molecule has 2 heterocycles. The van der Waals surface area contributed by atoms with Crippen molar-refractivity contribution in [2.75, 3.05) is 0 Å². The van der Waals surface area contributed by atoms with Crippen molar-refractivity contribution in [2.24, 2.45) is 7.05 Å². The summed E-state index contributed by atoms with van der Waals surface area (Å²) in [5.74, 6) is 1.35. The second-order valence-corrected chi connectivity index (χ2v) is 6.45. The highest BCUT2D eigenvalue weighted by molar-refractivity contribution is 7.98. The monoisotopic (exact) mass is 310 g/mol. The van der Waals surface area contributed by atoms with E-state index >= 15 is 0 Å². The van der Waals surface area contributed by atoms with Crippen molar-refractivity contribution in [2.45, 2.75) is 48.5 Å². The molecule has 2 aromatic heterocycles. The molecule has 0 N–H and O–H groups in total. The average molecular weight is 311 g/mol. The van der Waals surface area contributed by atoms with Gasteiger partial charge in [-0.3, -0.25) is 4.68 Å². The van der Waals surface area contributed by atoms with E-state index in [4.69, 9.17) is 16.7 Å². The van der Waals surface area contributed by atoms with Gasteiger partial charge in [0, 0.05) is 19.0 Å². The highest BCUT2D eigenvalue weighted by atomic mass is 35.5. The van der Waals surface area contributed by atoms with Gasteiger partial charge in [0.15, 0.2) is 5.16 Å². The van der Waals surface area contributed by atoms with Gasteiger partial charge in [-0.15, -0.1) is 11.6 Å². The summed E-state index contributed by atoms with van der Waals surface area (Å²) < 4.78 is 4.19. The second kappa shape index (κ2) is 6.22. The van der Waals surface area contributed by atoms with Gasteiger partial charge >= 0.3 is 0 Å². The number of imidazole rings is 1. The molecular formula is C14H19ClN4S. The molecule has 0 radical (unpaired) electrons. The summed E-state index contributed by atoms with van der Waals surface area (Å²) in [6.07, 6.45) is 9.17. The van der Waals surface area contributed by atoms with E-state index in [0.717, 1.165) is 22.3 Å². The van der Waals surface area contributed by atoms with Crippen LogP contribution >= 0.6 is 23.4 Å². The first-order chi connectivity index (χ1) is 9.78. The van der Waals surface area contributed by atoms with Gasteiger partial charge in [-0.1, -0.05) is 24.6 Å². The smallest absolute Gasteiger partial charge is 0.168 e. The van der Waals surface area contributed by atoms with Crippen molar-refractivity contribution in [3.8, 4) is 0 Å². The van der Waals surface area contributed by atoms with Gasteiger partial charge in [0.25, 0.3) is 0 Å². The van der Waals surface area contributed by atoms with Crippen LogP contribution in [0.5, 0.6) is 0 Å². The first-order valence-corrected chi connectivity index (χ1v) is 8.53. The molecule has 0 amide bonds. The molecule has 0 aliphatic heterocycles. The van der Waals surface area contributed by atoms with Gasteiger partial charge in [-0.05, 0) is 18.9 Å². The highest BCUT2D eigenvalue weighted by Crippen LogP contribution is 2.29. The minimum absolute atomic E-state index is 0.500. The molecule has 0 saturated heterocycles. The Labute approximate surface area is 128 Å².